The topological polar surface area (TPSA) is 43.1 Å². The lowest BCUT2D eigenvalue weighted by Crippen LogP contribution is -2.14. The zero-order valence-corrected chi connectivity index (χ0v) is 11.5. The van der Waals surface area contributed by atoms with Gasteiger partial charge in [-0.1, -0.05) is 48.5 Å². The lowest BCUT2D eigenvalue weighted by molar-refractivity contribution is -0.117. The number of benzene rings is 2. The molecule has 3 rings (SSSR count). The summed E-state index contributed by atoms with van der Waals surface area (Å²) in [5, 5.41) is 0. The lowest BCUT2D eigenvalue weighted by atomic mass is 9.79. The molecule has 0 saturated heterocycles. The predicted octanol–water partition coefficient (Wildman–Crippen LogP) is 3.18. The van der Waals surface area contributed by atoms with Gasteiger partial charge in [0.2, 0.25) is 5.91 Å². The molecule has 0 aromatic heterocycles. The van der Waals surface area contributed by atoms with E-state index in [1.807, 2.05) is 12.1 Å². The highest BCUT2D eigenvalue weighted by Gasteiger charge is 2.21. The first kappa shape index (κ1) is 12.9. The number of amides is 1. The van der Waals surface area contributed by atoms with E-state index in [4.69, 9.17) is 5.73 Å². The van der Waals surface area contributed by atoms with Crippen LogP contribution in [0.5, 0.6) is 0 Å². The van der Waals surface area contributed by atoms with Gasteiger partial charge < -0.3 is 5.73 Å². The first-order chi connectivity index (χ1) is 9.74. The van der Waals surface area contributed by atoms with Gasteiger partial charge in [-0.15, -0.1) is 0 Å². The molecule has 0 heterocycles. The van der Waals surface area contributed by atoms with Crippen LogP contribution in [0.2, 0.25) is 0 Å². The summed E-state index contributed by atoms with van der Waals surface area (Å²) in [5.74, 6) is 0.211. The van der Waals surface area contributed by atoms with Crippen LogP contribution < -0.4 is 5.73 Å². The van der Waals surface area contributed by atoms with E-state index in [-0.39, 0.29) is 5.91 Å². The molecule has 1 atom stereocenters. The molecular formula is C18H19NO. The fraction of sp³-hybridized carbons (Fsp3) is 0.278. The third-order valence-corrected chi connectivity index (χ3v) is 4.13. The second-order valence-corrected chi connectivity index (χ2v) is 5.53. The van der Waals surface area contributed by atoms with E-state index < -0.39 is 0 Å². The quantitative estimate of drug-likeness (QED) is 0.910. The molecule has 2 nitrogen and oxygen atoms in total. The molecule has 2 heteroatoms. The molecule has 0 aliphatic heterocycles. The number of primary amides is 1. The Hall–Kier alpha value is -2.09. The minimum Gasteiger partial charge on any atom is -0.369 e. The number of aryl methyl sites for hydroxylation is 1. The molecule has 0 fully saturated rings. The average Bonchev–Trinajstić information content (AvgIpc) is 2.47. The molecule has 0 bridgehead atoms. The van der Waals surface area contributed by atoms with Crippen LogP contribution in [-0.2, 0) is 17.6 Å². The first-order valence-corrected chi connectivity index (χ1v) is 7.19. The van der Waals surface area contributed by atoms with Crippen LogP contribution in [0.4, 0.5) is 0 Å². The summed E-state index contributed by atoms with van der Waals surface area (Å²) in [6.07, 6.45) is 3.95. The Kier molecular flexibility index (Phi) is 3.55. The van der Waals surface area contributed by atoms with Gasteiger partial charge in [-0.2, -0.15) is 0 Å². The molecule has 0 saturated carbocycles. The molecule has 20 heavy (non-hydrogen) atoms. The molecule has 102 valence electrons. The summed E-state index contributed by atoms with van der Waals surface area (Å²) >= 11 is 0. The monoisotopic (exact) mass is 265 g/mol. The summed E-state index contributed by atoms with van der Waals surface area (Å²) < 4.78 is 0. The standard InChI is InChI=1S/C18H19NO/c19-18(20)12-13-8-10-15(11-9-13)17-7-3-5-14-4-1-2-6-16(14)17/h1-2,4,6,8-11,17H,3,5,7,12H2,(H2,19,20)/t17-/m1/s1. The van der Waals surface area contributed by atoms with Gasteiger partial charge >= 0.3 is 0 Å². The Morgan fingerprint density at radius 3 is 2.60 bits per heavy atom. The number of nitrogens with two attached hydrogens (primary N) is 1. The fourth-order valence-electron chi connectivity index (χ4n) is 3.17. The Balaban J connectivity index is 1.88. The van der Waals surface area contributed by atoms with Gasteiger partial charge in [0.25, 0.3) is 0 Å². The van der Waals surface area contributed by atoms with E-state index in [0.717, 1.165) is 5.56 Å². The molecule has 1 aliphatic carbocycles. The number of rotatable bonds is 3. The summed E-state index contributed by atoms with van der Waals surface area (Å²) in [6.45, 7) is 0. The second kappa shape index (κ2) is 5.49. The summed E-state index contributed by atoms with van der Waals surface area (Å²) in [6, 6.07) is 17.1. The van der Waals surface area contributed by atoms with Crippen LogP contribution >= 0.6 is 0 Å². The van der Waals surface area contributed by atoms with Crippen LogP contribution in [0.25, 0.3) is 0 Å². The maximum Gasteiger partial charge on any atom is 0.221 e. The molecule has 2 aromatic rings. The molecule has 0 radical (unpaired) electrons. The van der Waals surface area contributed by atoms with Crippen molar-refractivity contribution in [3.8, 4) is 0 Å². The highest BCUT2D eigenvalue weighted by atomic mass is 16.1. The van der Waals surface area contributed by atoms with Crippen LogP contribution in [0.15, 0.2) is 48.5 Å². The summed E-state index contributed by atoms with van der Waals surface area (Å²) in [5.41, 5.74) is 10.5. The Bertz CT molecular complexity index is 616. The SMILES string of the molecule is NC(=O)Cc1ccc([C@H]2CCCc3ccccc32)cc1. The number of hydrogen-bond acceptors (Lipinski definition) is 1. The minimum absolute atomic E-state index is 0.277. The lowest BCUT2D eigenvalue weighted by Gasteiger charge is -2.26. The van der Waals surface area contributed by atoms with Gasteiger partial charge in [0.15, 0.2) is 0 Å². The van der Waals surface area contributed by atoms with Crippen molar-refractivity contribution in [3.05, 3.63) is 70.8 Å². The first-order valence-electron chi connectivity index (χ1n) is 7.19. The summed E-state index contributed by atoms with van der Waals surface area (Å²) in [7, 11) is 0. The molecule has 2 aromatic carbocycles. The Morgan fingerprint density at radius 2 is 1.85 bits per heavy atom. The van der Waals surface area contributed by atoms with Gasteiger partial charge in [-0.3, -0.25) is 4.79 Å². The van der Waals surface area contributed by atoms with E-state index in [0.29, 0.717) is 12.3 Å². The van der Waals surface area contributed by atoms with Crippen molar-refractivity contribution in [2.45, 2.75) is 31.6 Å². The van der Waals surface area contributed by atoms with Crippen LogP contribution in [-0.4, -0.2) is 5.91 Å². The maximum absolute atomic E-state index is 10.9. The van der Waals surface area contributed by atoms with Gasteiger partial charge in [-0.25, -0.2) is 0 Å². The zero-order chi connectivity index (χ0) is 13.9. The summed E-state index contributed by atoms with van der Waals surface area (Å²) in [4.78, 5) is 10.9. The van der Waals surface area contributed by atoms with Gasteiger partial charge in [0.05, 0.1) is 6.42 Å². The van der Waals surface area contributed by atoms with Crippen LogP contribution in [0.3, 0.4) is 0 Å². The van der Waals surface area contributed by atoms with Crippen molar-refractivity contribution in [2.75, 3.05) is 0 Å². The van der Waals surface area contributed by atoms with Crippen molar-refractivity contribution in [2.24, 2.45) is 5.73 Å². The third kappa shape index (κ3) is 2.60. The molecule has 2 N–H and O–H groups in total. The van der Waals surface area contributed by atoms with Crippen molar-refractivity contribution in [3.63, 3.8) is 0 Å². The van der Waals surface area contributed by atoms with Gasteiger partial charge in [0, 0.05) is 5.92 Å². The smallest absolute Gasteiger partial charge is 0.221 e. The van der Waals surface area contributed by atoms with Crippen molar-refractivity contribution < 1.29 is 4.79 Å². The Labute approximate surface area is 119 Å². The van der Waals surface area contributed by atoms with Crippen LogP contribution in [0, 0.1) is 0 Å². The third-order valence-electron chi connectivity index (χ3n) is 4.13. The van der Waals surface area contributed by atoms with Gasteiger partial charge in [0.1, 0.15) is 0 Å². The molecular weight excluding hydrogens is 246 g/mol. The minimum atomic E-state index is -0.277. The van der Waals surface area contributed by atoms with Crippen molar-refractivity contribution in [1.29, 1.82) is 0 Å². The number of hydrogen-bond donors (Lipinski definition) is 1. The zero-order valence-electron chi connectivity index (χ0n) is 11.5. The maximum atomic E-state index is 10.9. The van der Waals surface area contributed by atoms with Crippen LogP contribution in [0.1, 0.15) is 41.0 Å². The molecule has 0 spiro atoms. The number of carbonyl (C=O) groups is 1. The van der Waals surface area contributed by atoms with E-state index in [9.17, 15) is 4.79 Å². The highest BCUT2D eigenvalue weighted by Crippen LogP contribution is 2.36. The second-order valence-electron chi connectivity index (χ2n) is 5.53. The van der Waals surface area contributed by atoms with Crippen molar-refractivity contribution >= 4 is 5.91 Å². The predicted molar refractivity (Wildman–Crippen MR) is 80.6 cm³/mol. The largest absolute Gasteiger partial charge is 0.369 e. The normalized spacial score (nSPS) is 17.5. The molecule has 0 unspecified atom stereocenters. The fourth-order valence-corrected chi connectivity index (χ4v) is 3.17. The van der Waals surface area contributed by atoms with Gasteiger partial charge in [-0.05, 0) is 41.5 Å². The van der Waals surface area contributed by atoms with E-state index in [1.165, 1.54) is 36.0 Å². The Morgan fingerprint density at radius 1 is 1.10 bits per heavy atom. The molecule has 1 aliphatic rings. The van der Waals surface area contributed by atoms with E-state index >= 15 is 0 Å². The van der Waals surface area contributed by atoms with E-state index in [1.54, 1.807) is 0 Å². The average molecular weight is 265 g/mol. The number of fused-ring (bicyclic) bond motifs is 1. The highest BCUT2D eigenvalue weighted by molar-refractivity contribution is 5.76. The van der Waals surface area contributed by atoms with Crippen molar-refractivity contribution in [1.82, 2.24) is 0 Å². The number of carbonyl (C=O) groups excluding carboxylic acids is 1. The molecule has 1 amide bonds. The van der Waals surface area contributed by atoms with E-state index in [2.05, 4.69) is 36.4 Å².